The second kappa shape index (κ2) is 8.11. The van der Waals surface area contributed by atoms with E-state index < -0.39 is 0 Å². The van der Waals surface area contributed by atoms with Crippen LogP contribution in [0.1, 0.15) is 31.9 Å². The Morgan fingerprint density at radius 2 is 1.20 bits per heavy atom. The maximum Gasteiger partial charge on any atom is 0.308 e. The van der Waals surface area contributed by atoms with Gasteiger partial charge in [-0.3, -0.25) is 4.79 Å². The van der Waals surface area contributed by atoms with Crippen molar-refractivity contribution in [2.24, 2.45) is 0 Å². The van der Waals surface area contributed by atoms with Crippen LogP contribution >= 0.6 is 63.7 Å². The molecular weight excluding hydrogens is 584 g/mol. The molecule has 0 saturated heterocycles. The summed E-state index contributed by atoms with van der Waals surface area (Å²) in [6.45, 7) is 5.64. The van der Waals surface area contributed by atoms with Crippen LogP contribution < -0.4 is 9.47 Å². The van der Waals surface area contributed by atoms with Gasteiger partial charge in [0.15, 0.2) is 5.75 Å². The van der Waals surface area contributed by atoms with E-state index in [4.69, 9.17) is 9.47 Å². The van der Waals surface area contributed by atoms with E-state index in [0.29, 0.717) is 14.7 Å². The molecule has 7 heteroatoms. The average molecular weight is 600 g/mol. The number of benzene rings is 2. The lowest BCUT2D eigenvalue weighted by atomic mass is 9.78. The van der Waals surface area contributed by atoms with E-state index in [1.54, 1.807) is 7.11 Å². The molecule has 0 aromatic heterocycles. The van der Waals surface area contributed by atoms with Crippen molar-refractivity contribution in [1.29, 1.82) is 0 Å². The standard InChI is InChI=1S/C18H16Br4O3/c1-9(23)25-17-14(21)7-11(8-15(17)22)18(2,3)10-5-12(19)16(24-4)13(20)6-10/h5-8H,1-4H3. The van der Waals surface area contributed by atoms with Crippen LogP contribution in [0.25, 0.3) is 0 Å². The second-order valence-corrected chi connectivity index (χ2v) is 9.38. The van der Waals surface area contributed by atoms with Gasteiger partial charge >= 0.3 is 5.97 Å². The van der Waals surface area contributed by atoms with Crippen molar-refractivity contribution in [3.63, 3.8) is 0 Å². The predicted molar refractivity (Wildman–Crippen MR) is 114 cm³/mol. The quantitative estimate of drug-likeness (QED) is 0.281. The summed E-state index contributed by atoms with van der Waals surface area (Å²) in [5.41, 5.74) is 1.87. The molecule has 2 aromatic rings. The van der Waals surface area contributed by atoms with Crippen molar-refractivity contribution < 1.29 is 14.3 Å². The molecule has 0 bridgehead atoms. The van der Waals surface area contributed by atoms with Gasteiger partial charge in [-0.15, -0.1) is 0 Å². The molecule has 0 atom stereocenters. The molecule has 3 nitrogen and oxygen atoms in total. The normalized spacial score (nSPS) is 11.4. The lowest BCUT2D eigenvalue weighted by molar-refractivity contribution is -0.131. The van der Waals surface area contributed by atoms with Gasteiger partial charge in [-0.25, -0.2) is 0 Å². The first kappa shape index (κ1) is 20.9. The minimum Gasteiger partial charge on any atom is -0.494 e. The van der Waals surface area contributed by atoms with E-state index in [1.807, 2.05) is 24.3 Å². The largest absolute Gasteiger partial charge is 0.494 e. The third kappa shape index (κ3) is 4.49. The molecule has 0 aliphatic heterocycles. The van der Waals surface area contributed by atoms with Gasteiger partial charge in [0.25, 0.3) is 0 Å². The van der Waals surface area contributed by atoms with Crippen LogP contribution in [0.3, 0.4) is 0 Å². The Labute approximate surface area is 181 Å². The summed E-state index contributed by atoms with van der Waals surface area (Å²) in [6.07, 6.45) is 0. The van der Waals surface area contributed by atoms with Gasteiger partial charge in [-0.1, -0.05) is 13.8 Å². The minimum absolute atomic E-state index is 0.295. The smallest absolute Gasteiger partial charge is 0.308 e. The Morgan fingerprint density at radius 1 is 0.840 bits per heavy atom. The van der Waals surface area contributed by atoms with Crippen LogP contribution in [-0.4, -0.2) is 13.1 Å². The molecule has 2 aromatic carbocycles. The van der Waals surface area contributed by atoms with Gasteiger partial charge in [-0.05, 0) is 99.1 Å². The molecule has 2 rings (SSSR count). The molecule has 0 heterocycles. The van der Waals surface area contributed by atoms with E-state index in [9.17, 15) is 4.79 Å². The number of hydrogen-bond donors (Lipinski definition) is 0. The molecule has 0 amide bonds. The van der Waals surface area contributed by atoms with Gasteiger partial charge in [0.05, 0.1) is 25.0 Å². The number of halogens is 4. The van der Waals surface area contributed by atoms with Crippen LogP contribution in [0.4, 0.5) is 0 Å². The monoisotopic (exact) mass is 596 g/mol. The van der Waals surface area contributed by atoms with E-state index in [1.165, 1.54) is 6.92 Å². The maximum absolute atomic E-state index is 11.3. The topological polar surface area (TPSA) is 35.5 Å². The van der Waals surface area contributed by atoms with E-state index in [0.717, 1.165) is 25.8 Å². The molecular formula is C18H16Br4O3. The highest BCUT2D eigenvalue weighted by molar-refractivity contribution is 9.11. The van der Waals surface area contributed by atoms with Crippen molar-refractivity contribution >= 4 is 69.7 Å². The van der Waals surface area contributed by atoms with Crippen LogP contribution in [0, 0.1) is 0 Å². The lowest BCUT2D eigenvalue weighted by Gasteiger charge is -2.28. The molecule has 0 spiro atoms. The molecule has 0 unspecified atom stereocenters. The van der Waals surface area contributed by atoms with Gasteiger partial charge in [-0.2, -0.15) is 0 Å². The molecule has 0 aliphatic carbocycles. The van der Waals surface area contributed by atoms with E-state index >= 15 is 0 Å². The highest BCUT2D eigenvalue weighted by Gasteiger charge is 2.27. The molecule has 0 aliphatic rings. The molecule has 0 radical (unpaired) electrons. The van der Waals surface area contributed by atoms with Crippen molar-refractivity contribution in [1.82, 2.24) is 0 Å². The van der Waals surface area contributed by atoms with Gasteiger partial charge < -0.3 is 9.47 Å². The first-order valence-corrected chi connectivity index (χ1v) is 10.5. The Balaban J connectivity index is 2.55. The molecule has 0 fully saturated rings. The Hall–Kier alpha value is -0.370. The lowest BCUT2D eigenvalue weighted by Crippen LogP contribution is -2.19. The SMILES string of the molecule is COc1c(Br)cc(C(C)(C)c2cc(Br)c(OC(C)=O)c(Br)c2)cc1Br. The second-order valence-electron chi connectivity index (χ2n) is 5.96. The zero-order valence-electron chi connectivity index (χ0n) is 14.0. The summed E-state index contributed by atoms with van der Waals surface area (Å²) in [6, 6.07) is 8.03. The Kier molecular flexibility index (Phi) is 6.79. The van der Waals surface area contributed by atoms with Crippen LogP contribution in [0.15, 0.2) is 42.2 Å². The minimum atomic E-state index is -0.364. The highest BCUT2D eigenvalue weighted by atomic mass is 79.9. The zero-order chi connectivity index (χ0) is 18.9. The van der Waals surface area contributed by atoms with E-state index in [-0.39, 0.29) is 11.4 Å². The summed E-state index contributed by atoms with van der Waals surface area (Å²) >= 11 is 14.1. The third-order valence-corrected chi connectivity index (χ3v) is 6.25. The number of carbonyl (C=O) groups is 1. The van der Waals surface area contributed by atoms with Gasteiger partial charge in [0, 0.05) is 12.3 Å². The number of esters is 1. The Morgan fingerprint density at radius 3 is 1.52 bits per heavy atom. The molecule has 25 heavy (non-hydrogen) atoms. The zero-order valence-corrected chi connectivity index (χ0v) is 20.4. The van der Waals surface area contributed by atoms with Crippen LogP contribution in [0.5, 0.6) is 11.5 Å². The average Bonchev–Trinajstić information content (AvgIpc) is 2.50. The predicted octanol–water partition coefficient (Wildman–Crippen LogP) is 7.00. The fourth-order valence-electron chi connectivity index (χ4n) is 2.44. The molecule has 0 saturated carbocycles. The maximum atomic E-state index is 11.3. The summed E-state index contributed by atoms with van der Waals surface area (Å²) in [7, 11) is 1.64. The number of methoxy groups -OCH3 is 1. The highest BCUT2D eigenvalue weighted by Crippen LogP contribution is 2.43. The Bertz CT molecular complexity index is 785. The molecule has 134 valence electrons. The summed E-state index contributed by atoms with van der Waals surface area (Å²) < 4.78 is 13.8. The van der Waals surface area contributed by atoms with Crippen LogP contribution in [-0.2, 0) is 10.2 Å². The summed E-state index contributed by atoms with van der Waals surface area (Å²) in [5.74, 6) is 0.868. The summed E-state index contributed by atoms with van der Waals surface area (Å²) in [5, 5.41) is 0. The number of rotatable bonds is 4. The van der Waals surface area contributed by atoms with Gasteiger partial charge in [0.2, 0.25) is 0 Å². The fourth-order valence-corrected chi connectivity index (χ4v) is 5.30. The van der Waals surface area contributed by atoms with Crippen molar-refractivity contribution in [3.8, 4) is 11.5 Å². The number of ether oxygens (including phenoxy) is 2. The van der Waals surface area contributed by atoms with E-state index in [2.05, 4.69) is 77.6 Å². The van der Waals surface area contributed by atoms with Gasteiger partial charge in [0.1, 0.15) is 5.75 Å². The van der Waals surface area contributed by atoms with Crippen molar-refractivity contribution in [2.75, 3.05) is 7.11 Å². The van der Waals surface area contributed by atoms with Crippen molar-refractivity contribution in [3.05, 3.63) is 53.3 Å². The summed E-state index contributed by atoms with van der Waals surface area (Å²) in [4.78, 5) is 11.3. The first-order valence-electron chi connectivity index (χ1n) is 7.29. The fraction of sp³-hybridized carbons (Fsp3) is 0.278. The van der Waals surface area contributed by atoms with Crippen LogP contribution in [0.2, 0.25) is 0 Å². The van der Waals surface area contributed by atoms with Crippen molar-refractivity contribution in [2.45, 2.75) is 26.2 Å². The first-order chi connectivity index (χ1) is 11.6. The number of hydrogen-bond acceptors (Lipinski definition) is 3. The number of carbonyl (C=O) groups excluding carboxylic acids is 1. The third-order valence-electron chi connectivity index (χ3n) is 3.89. The molecule has 0 N–H and O–H groups in total.